The topological polar surface area (TPSA) is 33.1 Å². The molecule has 16 heavy (non-hydrogen) atoms. The van der Waals surface area contributed by atoms with Gasteiger partial charge in [0.2, 0.25) is 0 Å². The number of aromatic nitrogens is 1. The van der Waals surface area contributed by atoms with Gasteiger partial charge in [-0.3, -0.25) is 4.98 Å². The molecule has 0 radical (unpaired) electrons. The smallest absolute Gasteiger partial charge is 0.0906 e. The maximum Gasteiger partial charge on any atom is 0.0906 e. The lowest BCUT2D eigenvalue weighted by atomic mass is 10.0. The first kappa shape index (κ1) is 10.7. The first-order valence-corrected chi connectivity index (χ1v) is 5.24. The van der Waals surface area contributed by atoms with E-state index < -0.39 is 6.10 Å². The largest absolute Gasteiger partial charge is 0.387 e. The Hall–Kier alpha value is -1.85. The molecule has 2 aromatic rings. The van der Waals surface area contributed by atoms with Crippen LogP contribution in [-0.4, -0.2) is 10.1 Å². The van der Waals surface area contributed by atoms with Gasteiger partial charge in [0.05, 0.1) is 11.6 Å². The summed E-state index contributed by atoms with van der Waals surface area (Å²) in [5.74, 6) is 5.68. The highest BCUT2D eigenvalue weighted by Crippen LogP contribution is 2.24. The number of benzene rings is 1. The average molecular weight is 211 g/mol. The fourth-order valence-corrected chi connectivity index (χ4v) is 1.72. The Morgan fingerprint density at radius 3 is 2.94 bits per heavy atom. The van der Waals surface area contributed by atoms with E-state index in [0.29, 0.717) is 6.42 Å². The Bertz CT molecular complexity index is 546. The molecule has 1 unspecified atom stereocenters. The van der Waals surface area contributed by atoms with Crippen molar-refractivity contribution in [2.45, 2.75) is 19.4 Å². The summed E-state index contributed by atoms with van der Waals surface area (Å²) in [5, 5.41) is 11.0. The summed E-state index contributed by atoms with van der Waals surface area (Å²) >= 11 is 0. The summed E-state index contributed by atoms with van der Waals surface area (Å²) in [7, 11) is 0. The van der Waals surface area contributed by atoms with Crippen LogP contribution in [-0.2, 0) is 0 Å². The van der Waals surface area contributed by atoms with Crippen LogP contribution in [0.5, 0.6) is 0 Å². The van der Waals surface area contributed by atoms with Crippen LogP contribution < -0.4 is 0 Å². The molecule has 0 bridgehead atoms. The fourth-order valence-electron chi connectivity index (χ4n) is 1.72. The molecule has 1 N–H and O–H groups in total. The third-order valence-corrected chi connectivity index (χ3v) is 2.51. The maximum absolute atomic E-state index is 10.0. The second-order valence-corrected chi connectivity index (χ2v) is 3.56. The van der Waals surface area contributed by atoms with Gasteiger partial charge in [0, 0.05) is 18.0 Å². The van der Waals surface area contributed by atoms with Crippen molar-refractivity contribution >= 4 is 10.9 Å². The van der Waals surface area contributed by atoms with Gasteiger partial charge in [-0.05, 0) is 24.6 Å². The molecule has 0 aliphatic heterocycles. The van der Waals surface area contributed by atoms with Crippen LogP contribution in [0.15, 0.2) is 36.5 Å². The van der Waals surface area contributed by atoms with Gasteiger partial charge in [-0.25, -0.2) is 0 Å². The van der Waals surface area contributed by atoms with Gasteiger partial charge in [0.15, 0.2) is 0 Å². The monoisotopic (exact) mass is 211 g/mol. The van der Waals surface area contributed by atoms with Crippen LogP contribution in [0.3, 0.4) is 0 Å². The highest BCUT2D eigenvalue weighted by Gasteiger charge is 2.09. The van der Waals surface area contributed by atoms with E-state index >= 15 is 0 Å². The predicted molar refractivity (Wildman–Crippen MR) is 64.8 cm³/mol. The number of hydrogen-bond acceptors (Lipinski definition) is 2. The molecule has 2 heteroatoms. The summed E-state index contributed by atoms with van der Waals surface area (Å²) in [5.41, 5.74) is 1.80. The number of rotatable bonds is 2. The molecule has 1 atom stereocenters. The minimum absolute atomic E-state index is 0.463. The minimum atomic E-state index is -0.541. The predicted octanol–water partition coefficient (Wildman–Crippen LogP) is 2.68. The van der Waals surface area contributed by atoms with Crippen molar-refractivity contribution in [3.05, 3.63) is 42.1 Å². The number of pyridine rings is 1. The van der Waals surface area contributed by atoms with E-state index in [0.717, 1.165) is 16.5 Å². The molecule has 1 aromatic carbocycles. The van der Waals surface area contributed by atoms with Crippen LogP contribution in [0.4, 0.5) is 0 Å². The molecular weight excluding hydrogens is 198 g/mol. The molecule has 2 nitrogen and oxygen atoms in total. The normalized spacial score (nSPS) is 11.9. The molecule has 80 valence electrons. The summed E-state index contributed by atoms with van der Waals surface area (Å²) in [4.78, 5) is 4.26. The molecule has 0 saturated carbocycles. The van der Waals surface area contributed by atoms with Gasteiger partial charge in [0.25, 0.3) is 0 Å². The second-order valence-electron chi connectivity index (χ2n) is 3.56. The molecular formula is C14H13NO. The van der Waals surface area contributed by atoms with Crippen LogP contribution in [0.1, 0.15) is 25.0 Å². The van der Waals surface area contributed by atoms with E-state index in [-0.39, 0.29) is 0 Å². The first-order chi connectivity index (χ1) is 7.83. The van der Waals surface area contributed by atoms with E-state index in [1.165, 1.54) is 0 Å². The molecule has 0 aliphatic rings. The summed E-state index contributed by atoms with van der Waals surface area (Å²) < 4.78 is 0. The molecule has 0 spiro atoms. The molecule has 0 aliphatic carbocycles. The van der Waals surface area contributed by atoms with Crippen molar-refractivity contribution in [3.8, 4) is 11.8 Å². The van der Waals surface area contributed by atoms with Gasteiger partial charge < -0.3 is 5.11 Å². The van der Waals surface area contributed by atoms with Gasteiger partial charge in [-0.1, -0.05) is 18.2 Å². The minimum Gasteiger partial charge on any atom is -0.387 e. The first-order valence-electron chi connectivity index (χ1n) is 5.24. The highest BCUT2D eigenvalue weighted by molar-refractivity contribution is 5.82. The molecule has 2 rings (SSSR count). The molecule has 0 amide bonds. The zero-order valence-corrected chi connectivity index (χ0v) is 9.14. The standard InChI is InChI=1S/C14H13NO/c1-2-3-8-14(16)12-9-10-15-13-7-5-4-6-11(12)13/h4-7,9-10,14,16H,8H2,1H3. The Kier molecular flexibility index (Phi) is 3.19. The van der Waals surface area contributed by atoms with E-state index in [1.807, 2.05) is 30.3 Å². The van der Waals surface area contributed by atoms with E-state index in [9.17, 15) is 5.11 Å². The molecule has 0 saturated heterocycles. The van der Waals surface area contributed by atoms with Crippen molar-refractivity contribution in [2.24, 2.45) is 0 Å². The fraction of sp³-hybridized carbons (Fsp3) is 0.214. The Labute approximate surface area is 95.0 Å². The summed E-state index contributed by atoms with van der Waals surface area (Å²) in [6.45, 7) is 1.78. The van der Waals surface area contributed by atoms with E-state index in [2.05, 4.69) is 16.8 Å². The van der Waals surface area contributed by atoms with Crippen molar-refractivity contribution in [1.82, 2.24) is 4.98 Å². The SMILES string of the molecule is CC#CCC(O)c1ccnc2ccccc12. The number of hydrogen-bond donors (Lipinski definition) is 1. The highest BCUT2D eigenvalue weighted by atomic mass is 16.3. The van der Waals surface area contributed by atoms with Crippen molar-refractivity contribution in [3.63, 3.8) is 0 Å². The van der Waals surface area contributed by atoms with Gasteiger partial charge in [0.1, 0.15) is 0 Å². The number of aliphatic hydroxyl groups excluding tert-OH is 1. The number of aliphatic hydroxyl groups is 1. The third-order valence-electron chi connectivity index (χ3n) is 2.51. The van der Waals surface area contributed by atoms with E-state index in [1.54, 1.807) is 13.1 Å². The quantitative estimate of drug-likeness (QED) is 0.775. The van der Waals surface area contributed by atoms with Gasteiger partial charge >= 0.3 is 0 Å². The zero-order valence-electron chi connectivity index (χ0n) is 9.14. The summed E-state index contributed by atoms with van der Waals surface area (Å²) in [6.07, 6.45) is 1.64. The molecule has 0 fully saturated rings. The Morgan fingerprint density at radius 1 is 1.31 bits per heavy atom. The number of nitrogens with zero attached hydrogens (tertiary/aromatic N) is 1. The zero-order chi connectivity index (χ0) is 11.4. The van der Waals surface area contributed by atoms with Crippen LogP contribution in [0, 0.1) is 11.8 Å². The second kappa shape index (κ2) is 4.78. The summed E-state index contributed by atoms with van der Waals surface area (Å²) in [6, 6.07) is 9.66. The molecule has 1 aromatic heterocycles. The lowest BCUT2D eigenvalue weighted by Crippen LogP contribution is -1.97. The molecule has 1 heterocycles. The Balaban J connectivity index is 2.46. The van der Waals surface area contributed by atoms with Gasteiger partial charge in [-0.15, -0.1) is 11.8 Å². The number of fused-ring (bicyclic) bond motifs is 1. The van der Waals surface area contributed by atoms with Crippen molar-refractivity contribution < 1.29 is 5.11 Å². The van der Waals surface area contributed by atoms with Crippen LogP contribution in [0.2, 0.25) is 0 Å². The van der Waals surface area contributed by atoms with E-state index in [4.69, 9.17) is 0 Å². The lowest BCUT2D eigenvalue weighted by molar-refractivity contribution is 0.185. The van der Waals surface area contributed by atoms with Crippen LogP contribution in [0.25, 0.3) is 10.9 Å². The van der Waals surface area contributed by atoms with Gasteiger partial charge in [-0.2, -0.15) is 0 Å². The van der Waals surface area contributed by atoms with Crippen molar-refractivity contribution in [2.75, 3.05) is 0 Å². The third kappa shape index (κ3) is 2.05. The Morgan fingerprint density at radius 2 is 2.12 bits per heavy atom. The average Bonchev–Trinajstić information content (AvgIpc) is 2.35. The lowest BCUT2D eigenvalue weighted by Gasteiger charge is -2.10. The maximum atomic E-state index is 10.0. The van der Waals surface area contributed by atoms with Crippen molar-refractivity contribution in [1.29, 1.82) is 0 Å². The number of para-hydroxylation sites is 1. The van der Waals surface area contributed by atoms with Crippen LogP contribution >= 0.6 is 0 Å².